The van der Waals surface area contributed by atoms with Crippen LogP contribution in [0.5, 0.6) is 0 Å². The molecule has 4 rings (SSSR count). The summed E-state index contributed by atoms with van der Waals surface area (Å²) in [5.74, 6) is 0.108. The molecule has 0 saturated carbocycles. The molecule has 2 aliphatic rings. The Morgan fingerprint density at radius 2 is 2.00 bits per heavy atom. The molecule has 0 unspecified atom stereocenters. The highest BCUT2D eigenvalue weighted by molar-refractivity contribution is 7.09. The second-order valence-electron chi connectivity index (χ2n) is 7.03. The maximum Gasteiger partial charge on any atom is 0.274 e. The van der Waals surface area contributed by atoms with Crippen LogP contribution in [0.1, 0.15) is 26.6 Å². The predicted molar refractivity (Wildman–Crippen MR) is 98.7 cm³/mol. The molecule has 2 aliphatic heterocycles. The van der Waals surface area contributed by atoms with Gasteiger partial charge in [0.15, 0.2) is 5.69 Å². The molecule has 1 amide bonds. The summed E-state index contributed by atoms with van der Waals surface area (Å²) in [5.41, 5.74) is 3.03. The second kappa shape index (κ2) is 6.90. The normalized spacial score (nSPS) is 19.2. The lowest BCUT2D eigenvalue weighted by molar-refractivity contribution is 0.0656. The van der Waals surface area contributed by atoms with E-state index in [4.69, 9.17) is 0 Å². The molecule has 0 atom stereocenters. The van der Waals surface area contributed by atoms with Crippen molar-refractivity contribution in [3.8, 4) is 0 Å². The van der Waals surface area contributed by atoms with Gasteiger partial charge in [0.1, 0.15) is 0 Å². The van der Waals surface area contributed by atoms with Crippen molar-refractivity contribution in [3.63, 3.8) is 0 Å². The summed E-state index contributed by atoms with van der Waals surface area (Å²) in [6, 6.07) is 4.29. The molecule has 0 aliphatic carbocycles. The van der Waals surface area contributed by atoms with E-state index in [1.807, 2.05) is 16.6 Å². The van der Waals surface area contributed by atoms with Crippen LogP contribution in [0.2, 0.25) is 0 Å². The summed E-state index contributed by atoms with van der Waals surface area (Å²) >= 11 is 1.80. The molecule has 25 heavy (non-hydrogen) atoms. The lowest BCUT2D eigenvalue weighted by Gasteiger charge is -2.32. The molecule has 6 nitrogen and oxygen atoms in total. The molecule has 0 N–H and O–H groups in total. The monoisotopic (exact) mass is 359 g/mol. The van der Waals surface area contributed by atoms with Crippen LogP contribution in [-0.4, -0.2) is 70.2 Å². The number of carbonyl (C=O) groups is 1. The van der Waals surface area contributed by atoms with Crippen molar-refractivity contribution in [2.24, 2.45) is 7.05 Å². The summed E-state index contributed by atoms with van der Waals surface area (Å²) in [6.07, 6.45) is 0.906. The van der Waals surface area contributed by atoms with Crippen LogP contribution in [0.25, 0.3) is 0 Å². The number of thiophene rings is 1. The molecule has 0 bridgehead atoms. The van der Waals surface area contributed by atoms with Gasteiger partial charge in [0.25, 0.3) is 5.91 Å². The van der Waals surface area contributed by atoms with Gasteiger partial charge >= 0.3 is 0 Å². The Bertz CT molecular complexity index is 746. The van der Waals surface area contributed by atoms with Crippen molar-refractivity contribution in [1.29, 1.82) is 0 Å². The van der Waals surface area contributed by atoms with Gasteiger partial charge in [-0.1, -0.05) is 6.07 Å². The van der Waals surface area contributed by atoms with Crippen molar-refractivity contribution in [2.75, 3.05) is 39.8 Å². The van der Waals surface area contributed by atoms with E-state index in [9.17, 15) is 4.79 Å². The third kappa shape index (κ3) is 3.36. The van der Waals surface area contributed by atoms with Gasteiger partial charge in [0.05, 0.1) is 5.69 Å². The van der Waals surface area contributed by atoms with E-state index < -0.39 is 0 Å². The van der Waals surface area contributed by atoms with Crippen molar-refractivity contribution >= 4 is 17.2 Å². The van der Waals surface area contributed by atoms with Crippen LogP contribution in [0.4, 0.5) is 0 Å². The van der Waals surface area contributed by atoms with E-state index in [1.165, 1.54) is 10.6 Å². The molecule has 1 saturated heterocycles. The van der Waals surface area contributed by atoms with Gasteiger partial charge < -0.3 is 9.80 Å². The highest BCUT2D eigenvalue weighted by Crippen LogP contribution is 2.25. The van der Waals surface area contributed by atoms with Gasteiger partial charge in [0.2, 0.25) is 0 Å². The zero-order valence-electron chi connectivity index (χ0n) is 14.9. The number of nitrogens with zero attached hydrogens (tertiary/aromatic N) is 5. The van der Waals surface area contributed by atoms with Crippen LogP contribution in [0.3, 0.4) is 0 Å². The first-order valence-corrected chi connectivity index (χ1v) is 9.77. The quantitative estimate of drug-likeness (QED) is 0.832. The lowest BCUT2D eigenvalue weighted by Crippen LogP contribution is -2.47. The molecular formula is C18H25N5OS. The minimum absolute atomic E-state index is 0.108. The fraction of sp³-hybridized carbons (Fsp3) is 0.556. The zero-order valence-corrected chi connectivity index (χ0v) is 15.8. The number of aryl methyl sites for hydroxylation is 1. The molecule has 0 aromatic carbocycles. The van der Waals surface area contributed by atoms with Gasteiger partial charge in [-0.3, -0.25) is 14.4 Å². The van der Waals surface area contributed by atoms with Crippen LogP contribution >= 0.6 is 11.3 Å². The number of carbonyl (C=O) groups excluding carboxylic acids is 1. The average Bonchev–Trinajstić information content (AvgIpc) is 3.23. The van der Waals surface area contributed by atoms with Crippen molar-refractivity contribution in [1.82, 2.24) is 24.5 Å². The maximum absolute atomic E-state index is 12.9. The Hall–Kier alpha value is -1.70. The van der Waals surface area contributed by atoms with Crippen LogP contribution in [0.15, 0.2) is 17.5 Å². The van der Waals surface area contributed by atoms with Gasteiger partial charge in [0, 0.05) is 63.3 Å². The SMILES string of the molecule is CN1CCN(C(=O)c2nn(C)c3c2CCN(Cc2cccs2)C3)CC1. The highest BCUT2D eigenvalue weighted by Gasteiger charge is 2.30. The Labute approximate surface area is 152 Å². The highest BCUT2D eigenvalue weighted by atomic mass is 32.1. The van der Waals surface area contributed by atoms with E-state index in [0.29, 0.717) is 5.69 Å². The average molecular weight is 359 g/mol. The number of likely N-dealkylation sites (N-methyl/N-ethyl adjacent to an activating group) is 1. The Morgan fingerprint density at radius 1 is 1.20 bits per heavy atom. The Balaban J connectivity index is 1.50. The number of hydrogen-bond donors (Lipinski definition) is 0. The van der Waals surface area contributed by atoms with Crippen LogP contribution < -0.4 is 0 Å². The second-order valence-corrected chi connectivity index (χ2v) is 8.07. The Kier molecular flexibility index (Phi) is 4.62. The first-order valence-electron chi connectivity index (χ1n) is 8.89. The molecular weight excluding hydrogens is 334 g/mol. The molecule has 2 aromatic rings. The number of aromatic nitrogens is 2. The third-order valence-corrected chi connectivity index (χ3v) is 6.14. The molecule has 7 heteroatoms. The van der Waals surface area contributed by atoms with E-state index in [0.717, 1.165) is 57.8 Å². The largest absolute Gasteiger partial charge is 0.335 e. The molecule has 4 heterocycles. The van der Waals surface area contributed by atoms with Crippen molar-refractivity contribution in [3.05, 3.63) is 39.3 Å². The fourth-order valence-corrected chi connectivity index (χ4v) is 4.46. The Morgan fingerprint density at radius 3 is 2.72 bits per heavy atom. The summed E-state index contributed by atoms with van der Waals surface area (Å²) in [4.78, 5) is 21.0. The molecule has 0 spiro atoms. The lowest BCUT2D eigenvalue weighted by atomic mass is 10.0. The van der Waals surface area contributed by atoms with Gasteiger partial charge in [-0.2, -0.15) is 5.10 Å². The third-order valence-electron chi connectivity index (χ3n) is 5.28. The van der Waals surface area contributed by atoms with Gasteiger partial charge in [-0.25, -0.2) is 0 Å². The van der Waals surface area contributed by atoms with Gasteiger partial charge in [-0.05, 0) is 24.9 Å². The molecule has 0 radical (unpaired) electrons. The van der Waals surface area contributed by atoms with E-state index >= 15 is 0 Å². The van der Waals surface area contributed by atoms with Crippen molar-refractivity contribution < 1.29 is 4.79 Å². The summed E-state index contributed by atoms with van der Waals surface area (Å²) in [7, 11) is 4.07. The minimum Gasteiger partial charge on any atom is -0.335 e. The number of hydrogen-bond acceptors (Lipinski definition) is 5. The maximum atomic E-state index is 12.9. The fourth-order valence-electron chi connectivity index (χ4n) is 3.71. The van der Waals surface area contributed by atoms with Crippen LogP contribution in [0, 0.1) is 0 Å². The van der Waals surface area contributed by atoms with Gasteiger partial charge in [-0.15, -0.1) is 11.3 Å². The first kappa shape index (κ1) is 16.8. The van der Waals surface area contributed by atoms with E-state index in [-0.39, 0.29) is 5.91 Å². The number of piperazine rings is 1. The standard InChI is InChI=1S/C18H25N5OS/c1-20-7-9-23(10-8-20)18(24)17-15-5-6-22(12-14-4-3-11-25-14)13-16(15)21(2)19-17/h3-4,11H,5-10,12-13H2,1-2H3. The topological polar surface area (TPSA) is 44.6 Å². The number of amides is 1. The van der Waals surface area contributed by atoms with E-state index in [2.05, 4.69) is 39.5 Å². The summed E-state index contributed by atoms with van der Waals surface area (Å²) in [5, 5.41) is 6.73. The molecule has 134 valence electrons. The number of fused-ring (bicyclic) bond motifs is 1. The smallest absolute Gasteiger partial charge is 0.274 e. The minimum atomic E-state index is 0.108. The van der Waals surface area contributed by atoms with E-state index in [1.54, 1.807) is 11.3 Å². The first-order chi connectivity index (χ1) is 12.1. The van der Waals surface area contributed by atoms with Crippen molar-refractivity contribution in [2.45, 2.75) is 19.5 Å². The summed E-state index contributed by atoms with van der Waals surface area (Å²) in [6.45, 7) is 6.30. The number of rotatable bonds is 3. The summed E-state index contributed by atoms with van der Waals surface area (Å²) < 4.78 is 1.92. The van der Waals surface area contributed by atoms with Crippen LogP contribution in [-0.2, 0) is 26.6 Å². The molecule has 2 aromatic heterocycles. The predicted octanol–water partition coefficient (Wildman–Crippen LogP) is 1.43. The molecule has 1 fully saturated rings. The zero-order chi connectivity index (χ0) is 17.4.